The van der Waals surface area contributed by atoms with Crippen LogP contribution in [-0.2, 0) is 0 Å². The molecule has 2 bridgehead atoms. The van der Waals surface area contributed by atoms with Crippen molar-refractivity contribution in [3.05, 3.63) is 24.3 Å². The number of hydrogen-bond acceptors (Lipinski definition) is 3. The zero-order valence-corrected chi connectivity index (χ0v) is 8.19. The van der Waals surface area contributed by atoms with Gasteiger partial charge in [-0.05, 0) is 37.2 Å². The summed E-state index contributed by atoms with van der Waals surface area (Å²) in [6, 6.07) is 1.50. The number of nitrogens with one attached hydrogen (secondary N) is 1. The molecule has 2 fully saturated rings. The number of piperidine rings is 1. The van der Waals surface area contributed by atoms with Crippen LogP contribution in [0, 0.1) is 0 Å². The molecule has 0 radical (unpaired) electrons. The average molecular weight is 189 g/mol. The van der Waals surface area contributed by atoms with Gasteiger partial charge in [-0.1, -0.05) is 0 Å². The van der Waals surface area contributed by atoms with Crippen molar-refractivity contribution in [2.45, 2.75) is 43.7 Å². The third-order valence-corrected chi connectivity index (χ3v) is 3.53. The summed E-state index contributed by atoms with van der Waals surface area (Å²) in [5.74, 6) is 0.690. The van der Waals surface area contributed by atoms with Gasteiger partial charge in [0.1, 0.15) is 6.33 Å². The summed E-state index contributed by atoms with van der Waals surface area (Å²) >= 11 is 0. The lowest BCUT2D eigenvalue weighted by atomic mass is 9.88. The molecule has 0 aliphatic carbocycles. The normalized spacial score (nSPS) is 35.9. The van der Waals surface area contributed by atoms with E-state index < -0.39 is 0 Å². The monoisotopic (exact) mass is 189 g/mol. The standard InChI is InChI=1S/C11H15N3/c1-2-11-4-8(3-10(1)14-11)9-5-12-7-13-6-9/h5-8,10-11,14H,1-4H2/t8?,10-,11+. The first-order valence-corrected chi connectivity index (χ1v) is 5.43. The first-order valence-electron chi connectivity index (χ1n) is 5.43. The van der Waals surface area contributed by atoms with Gasteiger partial charge in [0.25, 0.3) is 0 Å². The Morgan fingerprint density at radius 3 is 2.36 bits per heavy atom. The molecule has 14 heavy (non-hydrogen) atoms. The molecule has 2 aliphatic rings. The highest BCUT2D eigenvalue weighted by atomic mass is 15.0. The Balaban J connectivity index is 1.81. The second-order valence-corrected chi connectivity index (χ2v) is 4.48. The summed E-state index contributed by atoms with van der Waals surface area (Å²) in [6.45, 7) is 0. The average Bonchev–Trinajstić information content (AvgIpc) is 2.59. The van der Waals surface area contributed by atoms with Gasteiger partial charge in [-0.15, -0.1) is 0 Å². The second-order valence-electron chi connectivity index (χ2n) is 4.48. The quantitative estimate of drug-likeness (QED) is 0.727. The maximum absolute atomic E-state index is 4.10. The zero-order valence-electron chi connectivity index (χ0n) is 8.19. The summed E-state index contributed by atoms with van der Waals surface area (Å²) in [5.41, 5.74) is 1.32. The number of rotatable bonds is 1. The third kappa shape index (κ3) is 1.42. The van der Waals surface area contributed by atoms with Crippen molar-refractivity contribution in [2.24, 2.45) is 0 Å². The topological polar surface area (TPSA) is 37.8 Å². The maximum atomic E-state index is 4.10. The van der Waals surface area contributed by atoms with Crippen molar-refractivity contribution in [3.63, 3.8) is 0 Å². The van der Waals surface area contributed by atoms with Gasteiger partial charge in [0.05, 0.1) is 0 Å². The van der Waals surface area contributed by atoms with E-state index in [0.717, 1.165) is 12.1 Å². The Hall–Kier alpha value is -0.960. The SMILES string of the molecule is c1ncc(C2C[C@H]3CC[C@@H](C2)N3)cn1. The van der Waals surface area contributed by atoms with Crippen molar-refractivity contribution in [3.8, 4) is 0 Å². The molecule has 2 saturated heterocycles. The first kappa shape index (κ1) is 8.36. The van der Waals surface area contributed by atoms with Crippen LogP contribution in [0.15, 0.2) is 18.7 Å². The van der Waals surface area contributed by atoms with Gasteiger partial charge in [0, 0.05) is 24.5 Å². The predicted molar refractivity (Wildman–Crippen MR) is 54.0 cm³/mol. The molecule has 0 saturated carbocycles. The largest absolute Gasteiger partial charge is 0.311 e. The lowest BCUT2D eigenvalue weighted by molar-refractivity contribution is 0.362. The first-order chi connectivity index (χ1) is 6.92. The van der Waals surface area contributed by atoms with Crippen LogP contribution in [0.25, 0.3) is 0 Å². The van der Waals surface area contributed by atoms with Crippen LogP contribution in [0.4, 0.5) is 0 Å². The van der Waals surface area contributed by atoms with E-state index in [1.165, 1.54) is 31.2 Å². The van der Waals surface area contributed by atoms with E-state index in [-0.39, 0.29) is 0 Å². The molecule has 3 nitrogen and oxygen atoms in total. The molecule has 0 amide bonds. The highest BCUT2D eigenvalue weighted by molar-refractivity contribution is 5.14. The van der Waals surface area contributed by atoms with Crippen molar-refractivity contribution in [2.75, 3.05) is 0 Å². The molecule has 0 aromatic carbocycles. The van der Waals surface area contributed by atoms with Gasteiger partial charge in [-0.2, -0.15) is 0 Å². The van der Waals surface area contributed by atoms with Crippen LogP contribution >= 0.6 is 0 Å². The molecule has 0 spiro atoms. The van der Waals surface area contributed by atoms with E-state index in [2.05, 4.69) is 15.3 Å². The van der Waals surface area contributed by atoms with Crippen LogP contribution in [0.5, 0.6) is 0 Å². The molecule has 74 valence electrons. The lowest BCUT2D eigenvalue weighted by Gasteiger charge is -2.28. The molecule has 1 aromatic rings. The minimum atomic E-state index is 0.690. The van der Waals surface area contributed by atoms with Crippen LogP contribution in [0.2, 0.25) is 0 Å². The van der Waals surface area contributed by atoms with Gasteiger partial charge in [-0.25, -0.2) is 9.97 Å². The Labute approximate surface area is 84.0 Å². The molecule has 1 aromatic heterocycles. The molecule has 1 unspecified atom stereocenters. The molecule has 2 aliphatic heterocycles. The van der Waals surface area contributed by atoms with Gasteiger partial charge in [0.2, 0.25) is 0 Å². The minimum absolute atomic E-state index is 0.690. The van der Waals surface area contributed by atoms with Crippen LogP contribution in [-0.4, -0.2) is 22.1 Å². The number of nitrogens with zero attached hydrogens (tertiary/aromatic N) is 2. The fourth-order valence-corrected chi connectivity index (χ4v) is 2.85. The molecular weight excluding hydrogens is 174 g/mol. The lowest BCUT2D eigenvalue weighted by Crippen LogP contribution is -2.37. The van der Waals surface area contributed by atoms with Crippen molar-refractivity contribution in [1.82, 2.24) is 15.3 Å². The Bertz CT molecular complexity index is 300. The van der Waals surface area contributed by atoms with Crippen LogP contribution in [0.1, 0.15) is 37.2 Å². The molecule has 3 heterocycles. The molecule has 3 heteroatoms. The summed E-state index contributed by atoms with van der Waals surface area (Å²) in [5, 5.41) is 3.65. The smallest absolute Gasteiger partial charge is 0.115 e. The summed E-state index contributed by atoms with van der Waals surface area (Å²) < 4.78 is 0. The Kier molecular flexibility index (Phi) is 1.98. The van der Waals surface area contributed by atoms with Gasteiger partial charge in [0.15, 0.2) is 0 Å². The van der Waals surface area contributed by atoms with Gasteiger partial charge in [-0.3, -0.25) is 0 Å². The summed E-state index contributed by atoms with van der Waals surface area (Å²) in [6.07, 6.45) is 10.8. The van der Waals surface area contributed by atoms with E-state index >= 15 is 0 Å². The third-order valence-electron chi connectivity index (χ3n) is 3.53. The summed E-state index contributed by atoms with van der Waals surface area (Å²) in [4.78, 5) is 8.20. The van der Waals surface area contributed by atoms with E-state index in [1.807, 2.05) is 12.4 Å². The predicted octanol–water partition coefficient (Wildman–Crippen LogP) is 1.47. The highest BCUT2D eigenvalue weighted by Gasteiger charge is 2.34. The van der Waals surface area contributed by atoms with Crippen molar-refractivity contribution in [1.29, 1.82) is 0 Å². The Morgan fingerprint density at radius 2 is 1.71 bits per heavy atom. The molecule has 3 atom stereocenters. The van der Waals surface area contributed by atoms with Crippen LogP contribution < -0.4 is 5.32 Å². The van der Waals surface area contributed by atoms with E-state index in [4.69, 9.17) is 0 Å². The second kappa shape index (κ2) is 3.31. The molecule has 3 rings (SSSR count). The van der Waals surface area contributed by atoms with E-state index in [0.29, 0.717) is 5.92 Å². The summed E-state index contributed by atoms with van der Waals surface area (Å²) in [7, 11) is 0. The number of fused-ring (bicyclic) bond motifs is 2. The van der Waals surface area contributed by atoms with Crippen molar-refractivity contribution < 1.29 is 0 Å². The maximum Gasteiger partial charge on any atom is 0.115 e. The van der Waals surface area contributed by atoms with Gasteiger partial charge < -0.3 is 5.32 Å². The number of aromatic nitrogens is 2. The fraction of sp³-hybridized carbons (Fsp3) is 0.636. The highest BCUT2D eigenvalue weighted by Crippen LogP contribution is 2.36. The molecular formula is C11H15N3. The van der Waals surface area contributed by atoms with Crippen LogP contribution in [0.3, 0.4) is 0 Å². The fourth-order valence-electron chi connectivity index (χ4n) is 2.85. The van der Waals surface area contributed by atoms with E-state index in [1.54, 1.807) is 6.33 Å². The number of hydrogen-bond donors (Lipinski definition) is 1. The van der Waals surface area contributed by atoms with E-state index in [9.17, 15) is 0 Å². The molecule has 1 N–H and O–H groups in total. The minimum Gasteiger partial charge on any atom is -0.311 e. The van der Waals surface area contributed by atoms with Crippen molar-refractivity contribution >= 4 is 0 Å². The Morgan fingerprint density at radius 1 is 1.07 bits per heavy atom. The van der Waals surface area contributed by atoms with Gasteiger partial charge >= 0.3 is 0 Å². The zero-order chi connectivity index (χ0) is 9.38.